The number of hydrogen-bond donors (Lipinski definition) is 3. The standard InChI is InChI=1S/C30H26FN3O2/c1-5-30(2,3)34-17-18-7-6-8-20(15-18)23-16-24-25(29(35)32-4)27(19-9-11-21(31)12-10-19)36-28(24)22-13-14-33-26(22)23/h1,6-16,33-34H,17H2,2-4H3,(H,32,35). The molecule has 0 aliphatic heterocycles. The van der Waals surface area contributed by atoms with Gasteiger partial charge in [-0.3, -0.25) is 10.1 Å². The molecule has 5 rings (SSSR count). The number of aromatic amines is 1. The minimum absolute atomic E-state index is 0.275. The third-order valence-electron chi connectivity index (χ3n) is 6.39. The van der Waals surface area contributed by atoms with Crippen molar-refractivity contribution in [3.63, 3.8) is 0 Å². The summed E-state index contributed by atoms with van der Waals surface area (Å²) in [7, 11) is 1.58. The quantitative estimate of drug-likeness (QED) is 0.252. The molecule has 3 aromatic carbocycles. The third kappa shape index (κ3) is 4.15. The highest BCUT2D eigenvalue weighted by atomic mass is 19.1. The van der Waals surface area contributed by atoms with Crippen molar-refractivity contribution in [1.29, 1.82) is 0 Å². The Kier molecular flexibility index (Phi) is 5.87. The van der Waals surface area contributed by atoms with E-state index < -0.39 is 5.54 Å². The predicted octanol–water partition coefficient (Wildman–Crippen LogP) is 6.25. The second-order valence-corrected chi connectivity index (χ2v) is 9.28. The average Bonchev–Trinajstić information content (AvgIpc) is 3.52. The van der Waals surface area contributed by atoms with Gasteiger partial charge >= 0.3 is 0 Å². The molecule has 0 bridgehead atoms. The van der Waals surface area contributed by atoms with Crippen LogP contribution in [0.25, 0.3) is 44.3 Å². The lowest BCUT2D eigenvalue weighted by atomic mass is 9.96. The van der Waals surface area contributed by atoms with Crippen LogP contribution in [0.3, 0.4) is 0 Å². The van der Waals surface area contributed by atoms with Crippen LogP contribution in [0.5, 0.6) is 0 Å². The van der Waals surface area contributed by atoms with Gasteiger partial charge in [-0.05, 0) is 67.4 Å². The molecule has 0 radical (unpaired) electrons. The first-order valence-corrected chi connectivity index (χ1v) is 11.7. The van der Waals surface area contributed by atoms with Gasteiger partial charge in [0.15, 0.2) is 0 Å². The monoisotopic (exact) mass is 479 g/mol. The van der Waals surface area contributed by atoms with Crippen LogP contribution in [-0.2, 0) is 6.54 Å². The number of carbonyl (C=O) groups excluding carboxylic acids is 1. The predicted molar refractivity (Wildman–Crippen MR) is 142 cm³/mol. The molecule has 2 aromatic heterocycles. The van der Waals surface area contributed by atoms with Gasteiger partial charge in [0.25, 0.3) is 5.91 Å². The second kappa shape index (κ2) is 9.03. The van der Waals surface area contributed by atoms with E-state index >= 15 is 0 Å². The summed E-state index contributed by atoms with van der Waals surface area (Å²) >= 11 is 0. The van der Waals surface area contributed by atoms with Gasteiger partial charge in [0, 0.05) is 41.7 Å². The lowest BCUT2D eigenvalue weighted by Gasteiger charge is -2.19. The summed E-state index contributed by atoms with van der Waals surface area (Å²) < 4.78 is 19.9. The second-order valence-electron chi connectivity index (χ2n) is 9.28. The van der Waals surface area contributed by atoms with E-state index in [1.807, 2.05) is 50.4 Å². The van der Waals surface area contributed by atoms with Gasteiger partial charge in [-0.1, -0.05) is 24.1 Å². The molecule has 0 fully saturated rings. The molecule has 5 aromatic rings. The molecule has 5 nitrogen and oxygen atoms in total. The van der Waals surface area contributed by atoms with Crippen molar-refractivity contribution in [2.24, 2.45) is 0 Å². The van der Waals surface area contributed by atoms with Crippen LogP contribution >= 0.6 is 0 Å². The normalized spacial score (nSPS) is 11.6. The van der Waals surface area contributed by atoms with Crippen LogP contribution in [0, 0.1) is 18.2 Å². The zero-order valence-electron chi connectivity index (χ0n) is 20.3. The Balaban J connectivity index is 1.70. The number of hydrogen-bond acceptors (Lipinski definition) is 3. The van der Waals surface area contributed by atoms with Crippen molar-refractivity contribution in [3.8, 4) is 34.8 Å². The van der Waals surface area contributed by atoms with Gasteiger partial charge in [0.1, 0.15) is 17.2 Å². The van der Waals surface area contributed by atoms with Crippen LogP contribution in [0.4, 0.5) is 4.39 Å². The maximum Gasteiger partial charge on any atom is 0.255 e. The molecule has 2 heterocycles. The first kappa shape index (κ1) is 23.4. The maximum atomic E-state index is 13.6. The number of benzene rings is 3. The van der Waals surface area contributed by atoms with Crippen molar-refractivity contribution in [2.75, 3.05) is 7.05 Å². The molecule has 180 valence electrons. The van der Waals surface area contributed by atoms with E-state index in [9.17, 15) is 9.18 Å². The minimum atomic E-state index is -0.419. The maximum absolute atomic E-state index is 13.6. The van der Waals surface area contributed by atoms with E-state index in [0.717, 1.165) is 27.6 Å². The Morgan fingerprint density at radius 3 is 2.58 bits per heavy atom. The van der Waals surface area contributed by atoms with E-state index in [4.69, 9.17) is 10.8 Å². The smallest absolute Gasteiger partial charge is 0.255 e. The Hall–Kier alpha value is -4.34. The van der Waals surface area contributed by atoms with Crippen LogP contribution in [0.15, 0.2) is 71.3 Å². The summed E-state index contributed by atoms with van der Waals surface area (Å²) in [6.07, 6.45) is 7.47. The first-order valence-electron chi connectivity index (χ1n) is 11.7. The highest BCUT2D eigenvalue weighted by molar-refractivity contribution is 6.19. The fourth-order valence-electron chi connectivity index (χ4n) is 4.39. The number of furan rings is 1. The van der Waals surface area contributed by atoms with Crippen molar-refractivity contribution < 1.29 is 13.6 Å². The lowest BCUT2D eigenvalue weighted by molar-refractivity contribution is 0.0964. The zero-order chi connectivity index (χ0) is 25.4. The SMILES string of the molecule is C#CC(C)(C)NCc1cccc(-c2cc3c(C(=O)NC)c(-c4ccc(F)cc4)oc3c3cc[nH]c23)c1. The summed E-state index contributed by atoms with van der Waals surface area (Å²) in [6, 6.07) is 18.1. The van der Waals surface area contributed by atoms with Crippen LogP contribution in [0.2, 0.25) is 0 Å². The number of H-pyrrole nitrogens is 1. The molecule has 36 heavy (non-hydrogen) atoms. The van der Waals surface area contributed by atoms with E-state index in [1.54, 1.807) is 19.2 Å². The van der Waals surface area contributed by atoms with Crippen LogP contribution in [-0.4, -0.2) is 23.5 Å². The zero-order valence-corrected chi connectivity index (χ0v) is 20.3. The first-order chi connectivity index (χ1) is 17.3. The van der Waals surface area contributed by atoms with E-state index in [1.165, 1.54) is 12.1 Å². The molecule has 6 heteroatoms. The van der Waals surface area contributed by atoms with Crippen molar-refractivity contribution in [3.05, 3.63) is 83.8 Å². The molecule has 0 aliphatic carbocycles. The Bertz CT molecular complexity index is 1640. The largest absolute Gasteiger partial charge is 0.454 e. The topological polar surface area (TPSA) is 70.1 Å². The van der Waals surface area contributed by atoms with Gasteiger partial charge in [0.2, 0.25) is 0 Å². The molecule has 0 aliphatic rings. The molecule has 0 unspecified atom stereocenters. The number of terminal acetylenes is 1. The van der Waals surface area contributed by atoms with Crippen LogP contribution < -0.4 is 10.6 Å². The molecule has 0 saturated heterocycles. The van der Waals surface area contributed by atoms with Crippen molar-refractivity contribution >= 4 is 27.8 Å². The van der Waals surface area contributed by atoms with Gasteiger partial charge in [-0.2, -0.15) is 0 Å². The molecular weight excluding hydrogens is 453 g/mol. The molecule has 1 amide bonds. The summed E-state index contributed by atoms with van der Waals surface area (Å²) in [6.45, 7) is 4.54. The number of halogens is 1. The van der Waals surface area contributed by atoms with Gasteiger partial charge in [-0.25, -0.2) is 4.39 Å². The van der Waals surface area contributed by atoms with E-state index in [2.05, 4.69) is 27.6 Å². The molecule has 0 atom stereocenters. The number of carbonyl (C=O) groups is 1. The molecule has 3 N–H and O–H groups in total. The Morgan fingerprint density at radius 1 is 1.08 bits per heavy atom. The lowest BCUT2D eigenvalue weighted by Crippen LogP contribution is -2.36. The summed E-state index contributed by atoms with van der Waals surface area (Å²) in [4.78, 5) is 16.4. The van der Waals surface area contributed by atoms with E-state index in [-0.39, 0.29) is 11.7 Å². The number of nitrogens with one attached hydrogen (secondary N) is 3. The van der Waals surface area contributed by atoms with Crippen molar-refractivity contribution in [1.82, 2.24) is 15.6 Å². The summed E-state index contributed by atoms with van der Waals surface area (Å²) in [5.41, 5.74) is 5.14. The van der Waals surface area contributed by atoms with Crippen LogP contribution in [0.1, 0.15) is 29.8 Å². The average molecular weight is 480 g/mol. The fourth-order valence-corrected chi connectivity index (χ4v) is 4.39. The fraction of sp³-hybridized carbons (Fsp3) is 0.167. The van der Waals surface area contributed by atoms with Gasteiger partial charge < -0.3 is 14.7 Å². The number of aromatic nitrogens is 1. The molecule has 0 saturated carbocycles. The van der Waals surface area contributed by atoms with E-state index in [0.29, 0.717) is 34.4 Å². The number of rotatable bonds is 6. The van der Waals surface area contributed by atoms with Crippen molar-refractivity contribution in [2.45, 2.75) is 25.9 Å². The highest BCUT2D eigenvalue weighted by Gasteiger charge is 2.25. The Morgan fingerprint density at radius 2 is 1.86 bits per heavy atom. The Labute approximate surface area is 208 Å². The highest BCUT2D eigenvalue weighted by Crippen LogP contribution is 2.41. The number of amides is 1. The summed E-state index contributed by atoms with van der Waals surface area (Å²) in [5.74, 6) is 2.53. The molecule has 0 spiro atoms. The number of fused-ring (bicyclic) bond motifs is 3. The minimum Gasteiger partial charge on any atom is -0.454 e. The van der Waals surface area contributed by atoms with Gasteiger partial charge in [0.05, 0.1) is 16.6 Å². The van der Waals surface area contributed by atoms with Gasteiger partial charge in [-0.15, -0.1) is 6.42 Å². The third-order valence-corrected chi connectivity index (χ3v) is 6.39. The molecular formula is C30H26FN3O2. The summed E-state index contributed by atoms with van der Waals surface area (Å²) in [5, 5.41) is 7.65.